The van der Waals surface area contributed by atoms with E-state index in [-0.39, 0.29) is 11.6 Å². The minimum absolute atomic E-state index is 0.0209. The topological polar surface area (TPSA) is 79.6 Å². The third-order valence-corrected chi connectivity index (χ3v) is 5.16. The SMILES string of the molecule is O=C(c1ccnc2ccccc12)N1CCN(c2ccc(Cl)cc2[N+](=O)[O-])CC1. The minimum Gasteiger partial charge on any atom is -0.362 e. The van der Waals surface area contributed by atoms with Crippen molar-refractivity contribution in [2.24, 2.45) is 0 Å². The van der Waals surface area contributed by atoms with E-state index in [0.717, 1.165) is 10.9 Å². The van der Waals surface area contributed by atoms with Gasteiger partial charge in [-0.15, -0.1) is 0 Å². The van der Waals surface area contributed by atoms with Gasteiger partial charge in [-0.2, -0.15) is 0 Å². The molecule has 1 aliphatic heterocycles. The number of piperazine rings is 1. The number of nitrogens with zero attached hydrogens (tertiary/aromatic N) is 4. The molecule has 0 atom stereocenters. The van der Waals surface area contributed by atoms with Crippen molar-refractivity contribution in [2.45, 2.75) is 0 Å². The smallest absolute Gasteiger partial charge is 0.294 e. The Kier molecular flexibility index (Phi) is 4.83. The molecular weight excluding hydrogens is 380 g/mol. The van der Waals surface area contributed by atoms with E-state index in [1.54, 1.807) is 29.3 Å². The fourth-order valence-corrected chi connectivity index (χ4v) is 3.68. The van der Waals surface area contributed by atoms with Gasteiger partial charge >= 0.3 is 0 Å². The van der Waals surface area contributed by atoms with Crippen LogP contribution in [0.2, 0.25) is 5.02 Å². The largest absolute Gasteiger partial charge is 0.362 e. The Hall–Kier alpha value is -3.19. The summed E-state index contributed by atoms with van der Waals surface area (Å²) >= 11 is 5.90. The summed E-state index contributed by atoms with van der Waals surface area (Å²) in [6, 6.07) is 13.9. The molecule has 28 heavy (non-hydrogen) atoms. The fourth-order valence-electron chi connectivity index (χ4n) is 3.51. The van der Waals surface area contributed by atoms with Crippen LogP contribution in [0, 0.1) is 10.1 Å². The van der Waals surface area contributed by atoms with Gasteiger partial charge in [0.2, 0.25) is 0 Å². The second-order valence-corrected chi connectivity index (χ2v) is 6.98. The highest BCUT2D eigenvalue weighted by Crippen LogP contribution is 2.32. The lowest BCUT2D eigenvalue weighted by atomic mass is 10.1. The number of rotatable bonds is 3. The zero-order chi connectivity index (χ0) is 19.7. The Morgan fingerprint density at radius 2 is 1.82 bits per heavy atom. The molecule has 4 rings (SSSR count). The van der Waals surface area contributed by atoms with Gasteiger partial charge in [-0.05, 0) is 24.3 Å². The summed E-state index contributed by atoms with van der Waals surface area (Å²) < 4.78 is 0. The summed E-state index contributed by atoms with van der Waals surface area (Å²) in [5.41, 5.74) is 1.91. The monoisotopic (exact) mass is 396 g/mol. The van der Waals surface area contributed by atoms with Crippen molar-refractivity contribution in [3.63, 3.8) is 0 Å². The summed E-state index contributed by atoms with van der Waals surface area (Å²) in [5.74, 6) is -0.0520. The molecule has 0 N–H and O–H groups in total. The van der Waals surface area contributed by atoms with E-state index in [2.05, 4.69) is 4.98 Å². The molecule has 8 heteroatoms. The molecule has 1 aromatic heterocycles. The highest BCUT2D eigenvalue weighted by Gasteiger charge is 2.27. The molecule has 1 amide bonds. The van der Waals surface area contributed by atoms with Crippen LogP contribution < -0.4 is 4.90 Å². The van der Waals surface area contributed by atoms with Crippen molar-refractivity contribution in [1.29, 1.82) is 0 Å². The Morgan fingerprint density at radius 1 is 1.07 bits per heavy atom. The van der Waals surface area contributed by atoms with Gasteiger partial charge in [-0.1, -0.05) is 29.8 Å². The lowest BCUT2D eigenvalue weighted by Crippen LogP contribution is -2.49. The Morgan fingerprint density at radius 3 is 2.57 bits per heavy atom. The molecule has 2 heterocycles. The van der Waals surface area contributed by atoms with Gasteiger partial charge in [0.1, 0.15) is 5.69 Å². The van der Waals surface area contributed by atoms with E-state index in [9.17, 15) is 14.9 Å². The Bertz CT molecular complexity index is 1060. The number of anilines is 1. The molecule has 142 valence electrons. The maximum absolute atomic E-state index is 13.0. The van der Waals surface area contributed by atoms with Gasteiger partial charge in [-0.25, -0.2) is 0 Å². The molecule has 2 aromatic carbocycles. The average Bonchev–Trinajstić information content (AvgIpc) is 2.73. The Labute approximate surface area is 166 Å². The zero-order valence-electron chi connectivity index (χ0n) is 14.9. The molecule has 1 aliphatic rings. The molecule has 0 saturated carbocycles. The number of amides is 1. The first-order chi connectivity index (χ1) is 13.5. The average molecular weight is 397 g/mol. The van der Waals surface area contributed by atoms with Crippen LogP contribution >= 0.6 is 11.6 Å². The molecule has 0 radical (unpaired) electrons. The highest BCUT2D eigenvalue weighted by molar-refractivity contribution is 6.30. The first kappa shape index (κ1) is 18.2. The first-order valence-electron chi connectivity index (χ1n) is 8.86. The van der Waals surface area contributed by atoms with Crippen molar-refractivity contribution in [3.05, 3.63) is 75.4 Å². The molecule has 7 nitrogen and oxygen atoms in total. The molecule has 1 fully saturated rings. The van der Waals surface area contributed by atoms with E-state index in [0.29, 0.717) is 42.5 Å². The third kappa shape index (κ3) is 3.36. The van der Waals surface area contributed by atoms with Crippen LogP contribution in [0.15, 0.2) is 54.7 Å². The maximum Gasteiger partial charge on any atom is 0.294 e. The zero-order valence-corrected chi connectivity index (χ0v) is 15.7. The predicted molar refractivity (Wildman–Crippen MR) is 108 cm³/mol. The highest BCUT2D eigenvalue weighted by atomic mass is 35.5. The van der Waals surface area contributed by atoms with Crippen molar-refractivity contribution in [1.82, 2.24) is 9.88 Å². The number of hydrogen-bond acceptors (Lipinski definition) is 5. The lowest BCUT2D eigenvalue weighted by Gasteiger charge is -2.36. The standard InChI is InChI=1S/C20H17ClN4O3/c21-14-5-6-18(19(13-14)25(27)28)23-9-11-24(12-10-23)20(26)16-7-8-22-17-4-2-1-3-15(16)17/h1-8,13H,9-12H2. The van der Waals surface area contributed by atoms with Crippen LogP contribution in [0.3, 0.4) is 0 Å². The number of hydrogen-bond donors (Lipinski definition) is 0. The molecule has 0 aliphatic carbocycles. The number of para-hydroxylation sites is 1. The first-order valence-corrected chi connectivity index (χ1v) is 9.24. The van der Waals surface area contributed by atoms with Gasteiger partial charge in [0.25, 0.3) is 11.6 Å². The normalized spacial score (nSPS) is 14.3. The van der Waals surface area contributed by atoms with Gasteiger partial charge in [-0.3, -0.25) is 19.9 Å². The number of carbonyl (C=O) groups excluding carboxylic acids is 1. The fraction of sp³-hybridized carbons (Fsp3) is 0.200. The van der Waals surface area contributed by atoms with Crippen LogP contribution in [0.25, 0.3) is 10.9 Å². The summed E-state index contributed by atoms with van der Waals surface area (Å²) in [5, 5.41) is 12.5. The van der Waals surface area contributed by atoms with Gasteiger partial charge in [0.05, 0.1) is 16.0 Å². The van der Waals surface area contributed by atoms with Crippen molar-refractivity contribution < 1.29 is 9.72 Å². The molecule has 0 spiro atoms. The van der Waals surface area contributed by atoms with Crippen LogP contribution in [0.5, 0.6) is 0 Å². The number of carbonyl (C=O) groups is 1. The lowest BCUT2D eigenvalue weighted by molar-refractivity contribution is -0.384. The van der Waals surface area contributed by atoms with E-state index in [4.69, 9.17) is 11.6 Å². The van der Waals surface area contributed by atoms with Crippen LogP contribution in [-0.2, 0) is 0 Å². The van der Waals surface area contributed by atoms with E-state index < -0.39 is 4.92 Å². The molecule has 1 saturated heterocycles. The van der Waals surface area contributed by atoms with Crippen molar-refractivity contribution >= 4 is 39.8 Å². The van der Waals surface area contributed by atoms with Crippen LogP contribution in [0.1, 0.15) is 10.4 Å². The summed E-state index contributed by atoms with van der Waals surface area (Å²) in [4.78, 5) is 31.9. The molecular formula is C20H17ClN4O3. The summed E-state index contributed by atoms with van der Waals surface area (Å²) in [6.07, 6.45) is 1.64. The Balaban J connectivity index is 1.53. The van der Waals surface area contributed by atoms with Crippen LogP contribution in [-0.4, -0.2) is 46.9 Å². The molecule has 3 aromatic rings. The third-order valence-electron chi connectivity index (χ3n) is 4.92. The number of fused-ring (bicyclic) bond motifs is 1. The number of pyridine rings is 1. The van der Waals surface area contributed by atoms with Crippen molar-refractivity contribution in [3.8, 4) is 0 Å². The van der Waals surface area contributed by atoms with Gasteiger partial charge in [0.15, 0.2) is 0 Å². The molecule has 0 bridgehead atoms. The second kappa shape index (κ2) is 7.44. The van der Waals surface area contributed by atoms with E-state index >= 15 is 0 Å². The predicted octanol–water partition coefficient (Wildman–Crippen LogP) is 3.76. The van der Waals surface area contributed by atoms with E-state index in [1.165, 1.54) is 6.07 Å². The second-order valence-electron chi connectivity index (χ2n) is 6.55. The number of halogens is 1. The number of nitro benzene ring substituents is 1. The number of benzene rings is 2. The summed E-state index contributed by atoms with van der Waals surface area (Å²) in [7, 11) is 0. The summed E-state index contributed by atoms with van der Waals surface area (Å²) in [6.45, 7) is 1.99. The minimum atomic E-state index is -0.429. The quantitative estimate of drug-likeness (QED) is 0.497. The number of aromatic nitrogens is 1. The van der Waals surface area contributed by atoms with Gasteiger partial charge in [0, 0.05) is 48.9 Å². The van der Waals surface area contributed by atoms with Gasteiger partial charge < -0.3 is 9.80 Å². The number of nitro groups is 1. The molecule has 0 unspecified atom stereocenters. The van der Waals surface area contributed by atoms with E-state index in [1.807, 2.05) is 29.2 Å². The van der Waals surface area contributed by atoms with Crippen molar-refractivity contribution in [2.75, 3.05) is 31.1 Å². The maximum atomic E-state index is 13.0. The van der Waals surface area contributed by atoms with Crippen LogP contribution in [0.4, 0.5) is 11.4 Å².